The molecule has 0 unspecified atom stereocenters. The van der Waals surface area contributed by atoms with Crippen LogP contribution in [-0.4, -0.2) is 30.0 Å². The fraction of sp³-hybridized carbons (Fsp3) is 0.273. The summed E-state index contributed by atoms with van der Waals surface area (Å²) in [6, 6.07) is 17.6. The lowest BCUT2D eigenvalue weighted by molar-refractivity contribution is -0.129. The lowest BCUT2D eigenvalue weighted by Crippen LogP contribution is -2.47. The number of nitriles is 1. The first-order valence-corrected chi connectivity index (χ1v) is 10.8. The number of ether oxygens (including phenoxy) is 1. The van der Waals surface area contributed by atoms with E-state index in [9.17, 15) is 10.1 Å². The standard InChI is InChI=1S/C22H20ClN3O2S/c1-2-28-20-6-4-3-5-19(20)25-13-26-21(27)11-17(15-7-9-16(23)10-8-15)18(12-24)22(26)29-14-25/h3-10,17H,2,11,13-14H2,1H3/t17-/m1/s1. The van der Waals surface area contributed by atoms with Crippen LogP contribution in [0.2, 0.25) is 5.02 Å². The zero-order valence-corrected chi connectivity index (χ0v) is 17.5. The van der Waals surface area contributed by atoms with Crippen molar-refractivity contribution in [1.82, 2.24) is 4.90 Å². The topological polar surface area (TPSA) is 56.6 Å². The Kier molecular flexibility index (Phi) is 5.70. The van der Waals surface area contributed by atoms with Crippen molar-refractivity contribution >= 4 is 35.0 Å². The van der Waals surface area contributed by atoms with E-state index in [1.54, 1.807) is 17.0 Å². The highest BCUT2D eigenvalue weighted by Gasteiger charge is 2.38. The maximum absolute atomic E-state index is 13.0. The fourth-order valence-electron chi connectivity index (χ4n) is 3.69. The maximum atomic E-state index is 13.0. The van der Waals surface area contributed by atoms with Crippen LogP contribution >= 0.6 is 23.4 Å². The number of allylic oxidation sites excluding steroid dienone is 1. The maximum Gasteiger partial charge on any atom is 0.229 e. The van der Waals surface area contributed by atoms with Crippen LogP contribution in [0.3, 0.4) is 0 Å². The van der Waals surface area contributed by atoms with Crippen LogP contribution in [0.15, 0.2) is 59.1 Å². The predicted molar refractivity (Wildman–Crippen MR) is 116 cm³/mol. The number of hydrogen-bond acceptors (Lipinski definition) is 5. The summed E-state index contributed by atoms with van der Waals surface area (Å²) in [5, 5.41) is 11.3. The van der Waals surface area contributed by atoms with E-state index in [2.05, 4.69) is 11.0 Å². The van der Waals surface area contributed by atoms with Gasteiger partial charge >= 0.3 is 0 Å². The van der Waals surface area contributed by atoms with Crippen LogP contribution in [0.25, 0.3) is 0 Å². The zero-order chi connectivity index (χ0) is 20.4. The lowest BCUT2D eigenvalue weighted by atomic mass is 9.86. The van der Waals surface area contributed by atoms with Gasteiger partial charge in [-0.15, -0.1) is 0 Å². The molecule has 1 amide bonds. The minimum absolute atomic E-state index is 0.0186. The van der Waals surface area contributed by atoms with E-state index in [1.165, 1.54) is 11.8 Å². The van der Waals surface area contributed by atoms with Crippen molar-refractivity contribution in [3.8, 4) is 11.8 Å². The first kappa shape index (κ1) is 19.7. The molecule has 7 heteroatoms. The summed E-state index contributed by atoms with van der Waals surface area (Å²) >= 11 is 7.52. The van der Waals surface area contributed by atoms with Gasteiger partial charge in [0.15, 0.2) is 0 Å². The van der Waals surface area contributed by atoms with Crippen molar-refractivity contribution in [2.75, 3.05) is 24.1 Å². The Bertz CT molecular complexity index is 1000. The Morgan fingerprint density at radius 1 is 1.24 bits per heavy atom. The van der Waals surface area contributed by atoms with Crippen molar-refractivity contribution in [1.29, 1.82) is 5.26 Å². The van der Waals surface area contributed by atoms with Gasteiger partial charge in [0.25, 0.3) is 0 Å². The Labute approximate surface area is 179 Å². The van der Waals surface area contributed by atoms with E-state index in [0.29, 0.717) is 29.7 Å². The highest BCUT2D eigenvalue weighted by molar-refractivity contribution is 8.03. The van der Waals surface area contributed by atoms with Gasteiger partial charge in [0, 0.05) is 17.4 Å². The molecule has 0 aliphatic carbocycles. The van der Waals surface area contributed by atoms with E-state index >= 15 is 0 Å². The van der Waals surface area contributed by atoms with Gasteiger partial charge in [-0.25, -0.2) is 0 Å². The zero-order valence-electron chi connectivity index (χ0n) is 16.0. The van der Waals surface area contributed by atoms with Crippen molar-refractivity contribution in [3.63, 3.8) is 0 Å². The number of rotatable bonds is 4. The highest BCUT2D eigenvalue weighted by atomic mass is 35.5. The SMILES string of the molecule is CCOc1ccccc1N1CSC2=C(C#N)[C@@H](c3ccc(Cl)cc3)CC(=O)N2C1. The van der Waals surface area contributed by atoms with Crippen LogP contribution in [0.1, 0.15) is 24.8 Å². The van der Waals surface area contributed by atoms with Gasteiger partial charge in [0.2, 0.25) is 5.91 Å². The molecule has 2 aliphatic rings. The smallest absolute Gasteiger partial charge is 0.229 e. The summed E-state index contributed by atoms with van der Waals surface area (Å²) < 4.78 is 5.75. The molecule has 1 fully saturated rings. The van der Waals surface area contributed by atoms with E-state index in [0.717, 1.165) is 22.0 Å². The van der Waals surface area contributed by atoms with Crippen molar-refractivity contribution in [3.05, 3.63) is 69.7 Å². The molecule has 0 bridgehead atoms. The van der Waals surface area contributed by atoms with Gasteiger partial charge in [0.05, 0.1) is 41.5 Å². The summed E-state index contributed by atoms with van der Waals surface area (Å²) in [5.41, 5.74) is 2.54. The van der Waals surface area contributed by atoms with E-state index in [1.807, 2.05) is 43.3 Å². The van der Waals surface area contributed by atoms with Crippen molar-refractivity contribution in [2.45, 2.75) is 19.3 Å². The second kappa shape index (κ2) is 8.40. The van der Waals surface area contributed by atoms with Gasteiger partial charge in [-0.3, -0.25) is 9.69 Å². The van der Waals surface area contributed by atoms with E-state index in [-0.39, 0.29) is 18.2 Å². The molecule has 0 N–H and O–H groups in total. The molecule has 2 aromatic rings. The summed E-state index contributed by atoms with van der Waals surface area (Å²) in [7, 11) is 0. The summed E-state index contributed by atoms with van der Waals surface area (Å²) in [4.78, 5) is 16.8. The number of nitrogens with zero attached hydrogens (tertiary/aromatic N) is 3. The van der Waals surface area contributed by atoms with E-state index in [4.69, 9.17) is 16.3 Å². The number of anilines is 1. The third kappa shape index (κ3) is 3.81. The number of thioether (sulfide) groups is 1. The molecule has 0 radical (unpaired) electrons. The number of benzene rings is 2. The normalized spacial score (nSPS) is 19.1. The predicted octanol–water partition coefficient (Wildman–Crippen LogP) is 4.96. The second-order valence-corrected chi connectivity index (χ2v) is 8.19. The number of halogens is 1. The van der Waals surface area contributed by atoms with Gasteiger partial charge in [-0.2, -0.15) is 5.26 Å². The molecule has 29 heavy (non-hydrogen) atoms. The number of amides is 1. The second-order valence-electron chi connectivity index (χ2n) is 6.82. The molecular weight excluding hydrogens is 406 g/mol. The third-order valence-electron chi connectivity index (χ3n) is 5.07. The van der Waals surface area contributed by atoms with Crippen LogP contribution in [0.5, 0.6) is 5.75 Å². The van der Waals surface area contributed by atoms with Crippen LogP contribution in [0.4, 0.5) is 5.69 Å². The number of hydrogen-bond donors (Lipinski definition) is 0. The van der Waals surface area contributed by atoms with Gasteiger partial charge in [-0.05, 0) is 36.8 Å². The Hall–Kier alpha value is -2.62. The lowest BCUT2D eigenvalue weighted by Gasteiger charge is -2.42. The summed E-state index contributed by atoms with van der Waals surface area (Å²) in [5.74, 6) is 1.23. The average Bonchev–Trinajstić information content (AvgIpc) is 2.75. The van der Waals surface area contributed by atoms with Crippen LogP contribution in [-0.2, 0) is 4.79 Å². The van der Waals surface area contributed by atoms with Gasteiger partial charge < -0.3 is 9.64 Å². The Morgan fingerprint density at radius 2 is 2.00 bits per heavy atom. The molecule has 2 aliphatic heterocycles. The van der Waals surface area contributed by atoms with E-state index < -0.39 is 0 Å². The number of carbonyl (C=O) groups is 1. The first-order chi connectivity index (χ1) is 14.1. The monoisotopic (exact) mass is 425 g/mol. The molecule has 148 valence electrons. The first-order valence-electron chi connectivity index (χ1n) is 9.42. The summed E-state index contributed by atoms with van der Waals surface area (Å²) in [6.07, 6.45) is 0.273. The number of carbonyl (C=O) groups excluding carboxylic acids is 1. The van der Waals surface area contributed by atoms with Crippen molar-refractivity contribution < 1.29 is 9.53 Å². The quantitative estimate of drug-likeness (QED) is 0.693. The average molecular weight is 426 g/mol. The highest BCUT2D eigenvalue weighted by Crippen LogP contribution is 2.44. The fourth-order valence-corrected chi connectivity index (χ4v) is 4.97. The largest absolute Gasteiger partial charge is 0.492 e. The number of fused-ring (bicyclic) bond motifs is 1. The molecule has 2 heterocycles. The molecule has 1 atom stereocenters. The molecule has 4 rings (SSSR count). The minimum Gasteiger partial charge on any atom is -0.492 e. The van der Waals surface area contributed by atoms with Crippen LogP contribution < -0.4 is 9.64 Å². The van der Waals surface area contributed by atoms with Crippen molar-refractivity contribution in [2.24, 2.45) is 0 Å². The summed E-state index contributed by atoms with van der Waals surface area (Å²) in [6.45, 7) is 2.93. The Balaban J connectivity index is 1.65. The molecular formula is C22H20ClN3O2S. The third-order valence-corrected chi connectivity index (χ3v) is 6.48. The minimum atomic E-state index is -0.231. The van der Waals surface area contributed by atoms with Gasteiger partial charge in [0.1, 0.15) is 5.75 Å². The number of para-hydroxylation sites is 2. The molecule has 0 saturated carbocycles. The van der Waals surface area contributed by atoms with Gasteiger partial charge in [-0.1, -0.05) is 47.6 Å². The molecule has 2 aromatic carbocycles. The molecule has 0 spiro atoms. The molecule has 5 nitrogen and oxygen atoms in total. The molecule has 0 aromatic heterocycles. The Morgan fingerprint density at radius 3 is 2.72 bits per heavy atom. The van der Waals surface area contributed by atoms with Crippen LogP contribution in [0, 0.1) is 11.3 Å². The molecule has 1 saturated heterocycles.